The van der Waals surface area contributed by atoms with Crippen molar-refractivity contribution in [3.8, 4) is 17.2 Å². The van der Waals surface area contributed by atoms with Gasteiger partial charge in [0.2, 0.25) is 5.91 Å². The number of ether oxygens (including phenoxy) is 3. The maximum atomic E-state index is 12.2. The summed E-state index contributed by atoms with van der Waals surface area (Å²) in [6.45, 7) is 0.261. The van der Waals surface area contributed by atoms with Gasteiger partial charge in [0.05, 0.1) is 20.4 Å². The molecular weight excluding hydrogens is 348 g/mol. The Labute approximate surface area is 156 Å². The summed E-state index contributed by atoms with van der Waals surface area (Å²) >= 11 is 0. The lowest BCUT2D eigenvalue weighted by molar-refractivity contribution is -0.116. The van der Waals surface area contributed by atoms with Crippen LogP contribution in [0.3, 0.4) is 0 Å². The van der Waals surface area contributed by atoms with E-state index in [9.17, 15) is 4.79 Å². The third-order valence-electron chi connectivity index (χ3n) is 3.69. The Morgan fingerprint density at radius 1 is 1.07 bits per heavy atom. The van der Waals surface area contributed by atoms with Crippen LogP contribution in [0.1, 0.15) is 5.69 Å². The minimum absolute atomic E-state index is 0.0405. The smallest absolute Gasteiger partial charge is 0.246 e. The second kappa shape index (κ2) is 8.70. The van der Waals surface area contributed by atoms with Gasteiger partial charge in [0, 0.05) is 11.8 Å². The molecule has 3 rings (SSSR count). The molecule has 140 valence electrons. The minimum Gasteiger partial charge on any atom is -0.497 e. The van der Waals surface area contributed by atoms with E-state index in [1.54, 1.807) is 44.7 Å². The molecule has 27 heavy (non-hydrogen) atoms. The number of benzene rings is 2. The quantitative estimate of drug-likeness (QED) is 0.657. The zero-order valence-electron chi connectivity index (χ0n) is 15.1. The van der Waals surface area contributed by atoms with Crippen LogP contribution in [0.25, 0.3) is 0 Å². The number of nitrogens with one attached hydrogen (secondary N) is 1. The molecule has 0 saturated carbocycles. The predicted octanol–water partition coefficient (Wildman–Crippen LogP) is 2.51. The third-order valence-corrected chi connectivity index (χ3v) is 3.69. The Morgan fingerprint density at radius 2 is 1.89 bits per heavy atom. The van der Waals surface area contributed by atoms with Gasteiger partial charge in [-0.05, 0) is 24.3 Å². The zero-order valence-corrected chi connectivity index (χ0v) is 15.1. The van der Waals surface area contributed by atoms with Crippen LogP contribution in [0.4, 0.5) is 5.69 Å². The Morgan fingerprint density at radius 3 is 2.67 bits per heavy atom. The van der Waals surface area contributed by atoms with Gasteiger partial charge in [-0.1, -0.05) is 23.4 Å². The number of rotatable bonds is 8. The fourth-order valence-electron chi connectivity index (χ4n) is 2.42. The highest BCUT2D eigenvalue weighted by atomic mass is 16.5. The van der Waals surface area contributed by atoms with Gasteiger partial charge in [-0.15, -0.1) is 5.10 Å². The zero-order chi connectivity index (χ0) is 19.1. The van der Waals surface area contributed by atoms with Gasteiger partial charge in [0.25, 0.3) is 0 Å². The van der Waals surface area contributed by atoms with E-state index in [1.165, 1.54) is 4.68 Å². The van der Waals surface area contributed by atoms with E-state index in [0.717, 1.165) is 0 Å². The summed E-state index contributed by atoms with van der Waals surface area (Å²) in [5.74, 6) is 1.71. The van der Waals surface area contributed by atoms with Crippen LogP contribution in [-0.2, 0) is 17.9 Å². The molecule has 0 aliphatic rings. The van der Waals surface area contributed by atoms with Gasteiger partial charge >= 0.3 is 0 Å². The molecule has 0 atom stereocenters. The van der Waals surface area contributed by atoms with Crippen LogP contribution < -0.4 is 19.5 Å². The van der Waals surface area contributed by atoms with E-state index < -0.39 is 0 Å². The van der Waals surface area contributed by atoms with Gasteiger partial charge in [0.15, 0.2) is 11.5 Å². The number of aromatic nitrogens is 3. The second-order valence-corrected chi connectivity index (χ2v) is 5.63. The van der Waals surface area contributed by atoms with Gasteiger partial charge in [-0.2, -0.15) is 0 Å². The fourth-order valence-corrected chi connectivity index (χ4v) is 2.42. The molecule has 0 saturated heterocycles. The predicted molar refractivity (Wildman–Crippen MR) is 99.0 cm³/mol. The van der Waals surface area contributed by atoms with Crippen LogP contribution >= 0.6 is 0 Å². The van der Waals surface area contributed by atoms with Gasteiger partial charge in [-0.3, -0.25) is 4.79 Å². The topological polar surface area (TPSA) is 87.5 Å². The van der Waals surface area contributed by atoms with Crippen molar-refractivity contribution in [3.05, 3.63) is 60.4 Å². The van der Waals surface area contributed by atoms with Crippen molar-refractivity contribution in [1.29, 1.82) is 0 Å². The van der Waals surface area contributed by atoms with Crippen molar-refractivity contribution in [2.45, 2.75) is 13.2 Å². The van der Waals surface area contributed by atoms with E-state index in [2.05, 4.69) is 15.6 Å². The van der Waals surface area contributed by atoms with Gasteiger partial charge < -0.3 is 19.5 Å². The number of hydrogen-bond acceptors (Lipinski definition) is 6. The molecule has 0 fully saturated rings. The second-order valence-electron chi connectivity index (χ2n) is 5.63. The number of carbonyl (C=O) groups excluding carboxylic acids is 1. The first-order valence-corrected chi connectivity index (χ1v) is 8.26. The molecule has 0 radical (unpaired) electrons. The standard InChI is InChI=1S/C19H20N4O4/c1-25-16-7-5-6-14(10-16)20-19(24)12-23-11-15(21-22-23)13-27-18-9-4-3-8-17(18)26-2/h3-11H,12-13H2,1-2H3,(H,20,24). The third kappa shape index (κ3) is 4.97. The van der Waals surface area contributed by atoms with Crippen molar-refractivity contribution >= 4 is 11.6 Å². The lowest BCUT2D eigenvalue weighted by Gasteiger charge is -2.08. The highest BCUT2D eigenvalue weighted by molar-refractivity contribution is 5.90. The Hall–Kier alpha value is -3.55. The van der Waals surface area contributed by atoms with Crippen LogP contribution in [0.15, 0.2) is 54.7 Å². The molecule has 1 aromatic heterocycles. The van der Waals surface area contributed by atoms with E-state index >= 15 is 0 Å². The van der Waals surface area contributed by atoms with E-state index in [-0.39, 0.29) is 19.1 Å². The number of amides is 1. The summed E-state index contributed by atoms with van der Waals surface area (Å²) in [5, 5.41) is 10.8. The van der Waals surface area contributed by atoms with E-state index in [4.69, 9.17) is 14.2 Å². The summed E-state index contributed by atoms with van der Waals surface area (Å²) in [4.78, 5) is 12.2. The SMILES string of the molecule is COc1cccc(NC(=O)Cn2cc(COc3ccccc3OC)nn2)c1. The largest absolute Gasteiger partial charge is 0.497 e. The first-order valence-electron chi connectivity index (χ1n) is 8.26. The molecule has 0 bridgehead atoms. The Bertz CT molecular complexity index is 910. The van der Waals surface area contributed by atoms with Crippen LogP contribution in [0.5, 0.6) is 17.2 Å². The minimum atomic E-state index is -0.217. The molecule has 8 heteroatoms. The summed E-state index contributed by atoms with van der Waals surface area (Å²) in [7, 11) is 3.16. The maximum absolute atomic E-state index is 12.2. The first kappa shape index (κ1) is 18.2. The number of para-hydroxylation sites is 2. The molecule has 0 aliphatic carbocycles. The van der Waals surface area contributed by atoms with Gasteiger partial charge in [0.1, 0.15) is 24.6 Å². The molecule has 0 unspecified atom stereocenters. The van der Waals surface area contributed by atoms with Crippen LogP contribution in [-0.4, -0.2) is 35.1 Å². The first-order chi connectivity index (χ1) is 13.2. The summed E-state index contributed by atoms with van der Waals surface area (Å²) in [5.41, 5.74) is 1.26. The van der Waals surface area contributed by atoms with E-state index in [0.29, 0.717) is 28.6 Å². The molecule has 3 aromatic rings. The van der Waals surface area contributed by atoms with Crippen molar-refractivity contribution in [1.82, 2.24) is 15.0 Å². The molecule has 1 N–H and O–H groups in total. The number of hydrogen-bond donors (Lipinski definition) is 1. The van der Waals surface area contributed by atoms with Crippen LogP contribution in [0, 0.1) is 0 Å². The fraction of sp³-hybridized carbons (Fsp3) is 0.211. The lowest BCUT2D eigenvalue weighted by atomic mass is 10.3. The average Bonchev–Trinajstić information content (AvgIpc) is 3.13. The normalized spacial score (nSPS) is 10.3. The lowest BCUT2D eigenvalue weighted by Crippen LogP contribution is -2.19. The van der Waals surface area contributed by atoms with Gasteiger partial charge in [-0.25, -0.2) is 4.68 Å². The molecule has 2 aromatic carbocycles. The van der Waals surface area contributed by atoms with Crippen molar-refractivity contribution in [2.24, 2.45) is 0 Å². The van der Waals surface area contributed by atoms with Crippen molar-refractivity contribution in [3.63, 3.8) is 0 Å². The highest BCUT2D eigenvalue weighted by Gasteiger charge is 2.09. The molecule has 0 spiro atoms. The van der Waals surface area contributed by atoms with Crippen molar-refractivity contribution in [2.75, 3.05) is 19.5 Å². The molecular formula is C19H20N4O4. The Balaban J connectivity index is 1.55. The maximum Gasteiger partial charge on any atom is 0.246 e. The Kier molecular flexibility index (Phi) is 5.88. The highest BCUT2D eigenvalue weighted by Crippen LogP contribution is 2.26. The summed E-state index contributed by atoms with van der Waals surface area (Å²) in [6, 6.07) is 14.5. The monoisotopic (exact) mass is 368 g/mol. The number of nitrogens with zero attached hydrogens (tertiary/aromatic N) is 3. The number of methoxy groups -OCH3 is 2. The molecule has 8 nitrogen and oxygen atoms in total. The van der Waals surface area contributed by atoms with Crippen LogP contribution in [0.2, 0.25) is 0 Å². The molecule has 1 amide bonds. The van der Waals surface area contributed by atoms with E-state index in [1.807, 2.05) is 24.3 Å². The number of carbonyl (C=O) groups is 1. The summed E-state index contributed by atoms with van der Waals surface area (Å²) < 4.78 is 17.5. The molecule has 0 aliphatic heterocycles. The summed E-state index contributed by atoms with van der Waals surface area (Å²) in [6.07, 6.45) is 1.67. The average molecular weight is 368 g/mol. The number of anilines is 1. The molecule has 1 heterocycles. The van der Waals surface area contributed by atoms with Crippen molar-refractivity contribution < 1.29 is 19.0 Å².